The van der Waals surface area contributed by atoms with E-state index in [1.807, 2.05) is 29.2 Å². The molecule has 1 fully saturated rings. The van der Waals surface area contributed by atoms with Crippen LogP contribution in [0, 0.1) is 6.92 Å². The van der Waals surface area contributed by atoms with Crippen LogP contribution in [0.3, 0.4) is 0 Å². The molecule has 1 aliphatic rings. The molecule has 0 radical (unpaired) electrons. The second kappa shape index (κ2) is 9.92. The number of amides is 1. The Morgan fingerprint density at radius 1 is 1.07 bits per heavy atom. The second-order valence-electron chi connectivity index (χ2n) is 6.84. The molecule has 28 heavy (non-hydrogen) atoms. The van der Waals surface area contributed by atoms with E-state index in [2.05, 4.69) is 15.3 Å². The van der Waals surface area contributed by atoms with Crippen molar-refractivity contribution in [3.8, 4) is 11.5 Å². The van der Waals surface area contributed by atoms with E-state index in [1.54, 1.807) is 20.1 Å². The van der Waals surface area contributed by atoms with Crippen LogP contribution < -0.4 is 14.8 Å². The number of methoxy groups -OCH3 is 1. The molecule has 0 aliphatic carbocycles. The van der Waals surface area contributed by atoms with Gasteiger partial charge in [0.1, 0.15) is 35.4 Å². The molecular formula is C21H28N4O3. The van der Waals surface area contributed by atoms with Gasteiger partial charge in [0.2, 0.25) is 0 Å². The van der Waals surface area contributed by atoms with Crippen molar-refractivity contribution in [3.05, 3.63) is 41.9 Å². The van der Waals surface area contributed by atoms with E-state index in [1.165, 1.54) is 12.8 Å². The lowest BCUT2D eigenvalue weighted by Crippen LogP contribution is -2.32. The Bertz CT molecular complexity index is 772. The summed E-state index contributed by atoms with van der Waals surface area (Å²) in [4.78, 5) is 23.4. The van der Waals surface area contributed by atoms with E-state index in [4.69, 9.17) is 9.47 Å². The van der Waals surface area contributed by atoms with Crippen molar-refractivity contribution >= 4 is 11.7 Å². The summed E-state index contributed by atoms with van der Waals surface area (Å²) in [6.07, 6.45) is 4.49. The molecule has 1 aromatic carbocycles. The monoisotopic (exact) mass is 384 g/mol. The predicted molar refractivity (Wildman–Crippen MR) is 108 cm³/mol. The van der Waals surface area contributed by atoms with Crippen LogP contribution in [0.25, 0.3) is 0 Å². The minimum absolute atomic E-state index is 0.00932. The number of rotatable bonds is 7. The zero-order valence-corrected chi connectivity index (χ0v) is 16.6. The fourth-order valence-electron chi connectivity index (χ4n) is 3.22. The molecule has 3 rings (SSSR count). The molecule has 7 nitrogen and oxygen atoms in total. The maximum absolute atomic E-state index is 12.8. The summed E-state index contributed by atoms with van der Waals surface area (Å²) in [7, 11) is 1.63. The molecule has 1 aliphatic heterocycles. The van der Waals surface area contributed by atoms with Crippen LogP contribution in [0.4, 0.5) is 5.82 Å². The second-order valence-corrected chi connectivity index (χ2v) is 6.84. The zero-order valence-electron chi connectivity index (χ0n) is 16.6. The summed E-state index contributed by atoms with van der Waals surface area (Å²) in [5, 5.41) is 3.22. The van der Waals surface area contributed by atoms with Gasteiger partial charge in [-0.2, -0.15) is 0 Å². The average Bonchev–Trinajstić information content (AvgIpc) is 3.00. The smallest absolute Gasteiger partial charge is 0.272 e. The molecule has 1 amide bonds. The predicted octanol–water partition coefficient (Wildman–Crippen LogP) is 3.30. The van der Waals surface area contributed by atoms with Crippen molar-refractivity contribution in [2.75, 3.05) is 38.7 Å². The quantitative estimate of drug-likeness (QED) is 0.738. The summed E-state index contributed by atoms with van der Waals surface area (Å²) < 4.78 is 10.8. The van der Waals surface area contributed by atoms with Crippen LogP contribution in [0.5, 0.6) is 11.5 Å². The Morgan fingerprint density at radius 3 is 2.43 bits per heavy atom. The number of nitrogens with zero attached hydrogens (tertiary/aromatic N) is 3. The molecule has 1 aromatic heterocycles. The summed E-state index contributed by atoms with van der Waals surface area (Å²) in [5.74, 6) is 2.79. The molecule has 2 heterocycles. The lowest BCUT2D eigenvalue weighted by molar-refractivity contribution is 0.0755. The van der Waals surface area contributed by atoms with E-state index >= 15 is 0 Å². The molecule has 150 valence electrons. The highest BCUT2D eigenvalue weighted by Gasteiger charge is 2.19. The van der Waals surface area contributed by atoms with E-state index in [0.717, 1.165) is 37.4 Å². The first-order valence-electron chi connectivity index (χ1n) is 9.81. The minimum atomic E-state index is -0.00932. The molecule has 1 saturated heterocycles. The molecule has 0 saturated carbocycles. The van der Waals surface area contributed by atoms with Crippen molar-refractivity contribution in [1.82, 2.24) is 14.9 Å². The van der Waals surface area contributed by atoms with Crippen molar-refractivity contribution in [2.45, 2.75) is 32.6 Å². The Labute approximate surface area is 166 Å². The zero-order chi connectivity index (χ0) is 19.8. The molecule has 7 heteroatoms. The van der Waals surface area contributed by atoms with Gasteiger partial charge in [0, 0.05) is 19.2 Å². The number of aryl methyl sites for hydroxylation is 1. The van der Waals surface area contributed by atoms with Gasteiger partial charge >= 0.3 is 0 Å². The fraction of sp³-hybridized carbons (Fsp3) is 0.476. The van der Waals surface area contributed by atoms with Gasteiger partial charge in [-0.15, -0.1) is 0 Å². The van der Waals surface area contributed by atoms with Gasteiger partial charge in [-0.3, -0.25) is 4.79 Å². The summed E-state index contributed by atoms with van der Waals surface area (Å²) >= 11 is 0. The van der Waals surface area contributed by atoms with Crippen LogP contribution in [0.15, 0.2) is 30.3 Å². The van der Waals surface area contributed by atoms with Crippen LogP contribution >= 0.6 is 0 Å². The minimum Gasteiger partial charge on any atom is -0.497 e. The van der Waals surface area contributed by atoms with Crippen molar-refractivity contribution in [1.29, 1.82) is 0 Å². The third kappa shape index (κ3) is 5.58. The number of nitrogens with one attached hydrogen (secondary N) is 1. The number of likely N-dealkylation sites (tertiary alicyclic amines) is 1. The third-order valence-corrected chi connectivity index (χ3v) is 4.69. The number of ether oxygens (including phenoxy) is 2. The molecule has 0 spiro atoms. The van der Waals surface area contributed by atoms with Gasteiger partial charge in [0.05, 0.1) is 13.7 Å². The summed E-state index contributed by atoms with van der Waals surface area (Å²) in [6.45, 7) is 4.46. The number of hydrogen-bond donors (Lipinski definition) is 1. The lowest BCUT2D eigenvalue weighted by atomic mass is 10.2. The number of carbonyl (C=O) groups excluding carboxylic acids is 1. The lowest BCUT2D eigenvalue weighted by Gasteiger charge is -2.20. The normalized spacial score (nSPS) is 14.3. The Morgan fingerprint density at radius 2 is 1.75 bits per heavy atom. The summed E-state index contributed by atoms with van der Waals surface area (Å²) in [6, 6.07) is 9.18. The first-order valence-corrected chi connectivity index (χ1v) is 9.81. The van der Waals surface area contributed by atoms with Crippen molar-refractivity contribution < 1.29 is 14.3 Å². The first kappa shape index (κ1) is 19.9. The highest BCUT2D eigenvalue weighted by atomic mass is 16.5. The Balaban J connectivity index is 1.54. The average molecular weight is 384 g/mol. The van der Waals surface area contributed by atoms with Crippen LogP contribution in [0.1, 0.15) is 42.0 Å². The van der Waals surface area contributed by atoms with Gasteiger partial charge in [-0.05, 0) is 44.0 Å². The van der Waals surface area contributed by atoms with Crippen LogP contribution in [-0.2, 0) is 0 Å². The topological polar surface area (TPSA) is 76.6 Å². The van der Waals surface area contributed by atoms with Gasteiger partial charge in [-0.1, -0.05) is 12.8 Å². The van der Waals surface area contributed by atoms with E-state index in [0.29, 0.717) is 30.5 Å². The highest BCUT2D eigenvalue weighted by molar-refractivity contribution is 5.93. The fourth-order valence-corrected chi connectivity index (χ4v) is 3.22. The van der Waals surface area contributed by atoms with Gasteiger partial charge in [0.15, 0.2) is 0 Å². The van der Waals surface area contributed by atoms with Crippen molar-refractivity contribution in [3.63, 3.8) is 0 Å². The number of hydrogen-bond acceptors (Lipinski definition) is 6. The van der Waals surface area contributed by atoms with Gasteiger partial charge in [-0.25, -0.2) is 9.97 Å². The highest BCUT2D eigenvalue weighted by Crippen LogP contribution is 2.17. The molecule has 0 unspecified atom stereocenters. The SMILES string of the molecule is COc1ccc(OCCNc2cc(C(=O)N3CCCCCC3)nc(C)n2)cc1. The van der Waals surface area contributed by atoms with Gasteiger partial charge in [0.25, 0.3) is 5.91 Å². The van der Waals surface area contributed by atoms with Gasteiger partial charge < -0.3 is 19.7 Å². The third-order valence-electron chi connectivity index (χ3n) is 4.69. The molecular weight excluding hydrogens is 356 g/mol. The van der Waals surface area contributed by atoms with Crippen LogP contribution in [-0.4, -0.2) is 54.1 Å². The first-order chi connectivity index (χ1) is 13.7. The maximum atomic E-state index is 12.8. The Kier molecular flexibility index (Phi) is 7.06. The largest absolute Gasteiger partial charge is 0.497 e. The van der Waals surface area contributed by atoms with Crippen molar-refractivity contribution in [2.24, 2.45) is 0 Å². The molecule has 0 atom stereocenters. The van der Waals surface area contributed by atoms with Crippen LogP contribution in [0.2, 0.25) is 0 Å². The van der Waals surface area contributed by atoms with E-state index in [-0.39, 0.29) is 5.91 Å². The maximum Gasteiger partial charge on any atom is 0.272 e. The van der Waals surface area contributed by atoms with E-state index < -0.39 is 0 Å². The number of benzene rings is 1. The molecule has 0 bridgehead atoms. The molecule has 1 N–H and O–H groups in total. The molecule has 2 aromatic rings. The Hall–Kier alpha value is -2.83. The number of aromatic nitrogens is 2. The number of carbonyl (C=O) groups is 1. The number of anilines is 1. The summed E-state index contributed by atoms with van der Waals surface area (Å²) in [5.41, 5.74) is 0.452. The van der Waals surface area contributed by atoms with E-state index in [9.17, 15) is 4.79 Å². The standard InChI is InChI=1S/C21H28N4O3/c1-16-23-19(21(26)25-12-5-3-4-6-13-25)15-20(24-16)22-11-14-28-18-9-7-17(27-2)8-10-18/h7-10,15H,3-6,11-14H2,1-2H3,(H,22,23,24).